The Bertz CT molecular complexity index is 610. The molecule has 0 unspecified atom stereocenters. The molecule has 142 valence electrons. The molecular formula is C22H33N3O. The molecule has 3 fully saturated rings. The zero-order valence-electron chi connectivity index (χ0n) is 16.2. The van der Waals surface area contributed by atoms with Gasteiger partial charge in [0.1, 0.15) is 5.54 Å². The third kappa shape index (κ3) is 2.92. The summed E-state index contributed by atoms with van der Waals surface area (Å²) in [6, 6.07) is 10.4. The van der Waals surface area contributed by atoms with Gasteiger partial charge in [-0.25, -0.2) is 0 Å². The highest BCUT2D eigenvalue weighted by Crippen LogP contribution is 2.43. The number of piperidine rings is 1. The largest absolute Gasteiger partial charge is 0.339 e. The van der Waals surface area contributed by atoms with Gasteiger partial charge < -0.3 is 10.2 Å². The second-order valence-corrected chi connectivity index (χ2v) is 8.48. The summed E-state index contributed by atoms with van der Waals surface area (Å²) < 4.78 is 0. The van der Waals surface area contributed by atoms with Gasteiger partial charge in [-0.05, 0) is 44.2 Å². The number of para-hydroxylation sites is 1. The van der Waals surface area contributed by atoms with Crippen molar-refractivity contribution in [2.24, 2.45) is 0 Å². The Kier molecular flexibility index (Phi) is 4.96. The Labute approximate surface area is 157 Å². The average Bonchev–Trinajstić information content (AvgIpc) is 3.00. The number of nitrogens with zero attached hydrogens (tertiary/aromatic N) is 2. The molecule has 1 N–H and O–H groups in total. The lowest BCUT2D eigenvalue weighted by atomic mass is 9.74. The van der Waals surface area contributed by atoms with Crippen LogP contribution in [0.25, 0.3) is 0 Å². The minimum Gasteiger partial charge on any atom is -0.339 e. The second-order valence-electron chi connectivity index (χ2n) is 8.48. The fourth-order valence-electron chi connectivity index (χ4n) is 5.78. The summed E-state index contributed by atoms with van der Waals surface area (Å²) in [5.41, 5.74) is 1.22. The average molecular weight is 356 g/mol. The lowest BCUT2D eigenvalue weighted by Crippen LogP contribution is -2.61. The highest BCUT2D eigenvalue weighted by molar-refractivity contribution is 5.93. The predicted molar refractivity (Wildman–Crippen MR) is 106 cm³/mol. The van der Waals surface area contributed by atoms with E-state index in [4.69, 9.17) is 0 Å². The van der Waals surface area contributed by atoms with E-state index < -0.39 is 0 Å². The van der Waals surface area contributed by atoms with E-state index in [1.54, 1.807) is 0 Å². The second kappa shape index (κ2) is 7.22. The van der Waals surface area contributed by atoms with E-state index >= 15 is 0 Å². The highest BCUT2D eigenvalue weighted by Gasteiger charge is 2.52. The topological polar surface area (TPSA) is 35.6 Å². The molecule has 1 aromatic carbocycles. The minimum absolute atomic E-state index is 0.231. The van der Waals surface area contributed by atoms with E-state index in [1.807, 2.05) is 6.07 Å². The van der Waals surface area contributed by atoms with Crippen molar-refractivity contribution in [3.05, 3.63) is 30.3 Å². The molecule has 0 radical (unpaired) electrons. The van der Waals surface area contributed by atoms with Gasteiger partial charge in [0.05, 0.1) is 6.67 Å². The fraction of sp³-hybridized carbons (Fsp3) is 0.682. The van der Waals surface area contributed by atoms with Crippen LogP contribution < -0.4 is 10.2 Å². The molecule has 0 atom stereocenters. The Morgan fingerprint density at radius 1 is 1.00 bits per heavy atom. The Balaban J connectivity index is 1.53. The van der Waals surface area contributed by atoms with Crippen LogP contribution in [0.2, 0.25) is 0 Å². The summed E-state index contributed by atoms with van der Waals surface area (Å²) in [6.45, 7) is 5.07. The molecule has 1 saturated carbocycles. The molecule has 1 spiro atoms. The van der Waals surface area contributed by atoms with Gasteiger partial charge in [-0.2, -0.15) is 0 Å². The van der Waals surface area contributed by atoms with Crippen molar-refractivity contribution in [3.63, 3.8) is 0 Å². The maximum atomic E-state index is 12.9. The first kappa shape index (κ1) is 17.8. The van der Waals surface area contributed by atoms with Gasteiger partial charge in [-0.15, -0.1) is 0 Å². The van der Waals surface area contributed by atoms with Crippen LogP contribution >= 0.6 is 0 Å². The van der Waals surface area contributed by atoms with Crippen LogP contribution in [-0.2, 0) is 4.79 Å². The minimum atomic E-state index is -0.347. The molecule has 2 saturated heterocycles. The van der Waals surface area contributed by atoms with E-state index in [0.29, 0.717) is 12.2 Å². The van der Waals surface area contributed by atoms with E-state index in [2.05, 4.69) is 46.3 Å². The van der Waals surface area contributed by atoms with Crippen molar-refractivity contribution in [1.82, 2.24) is 10.2 Å². The van der Waals surface area contributed by atoms with Crippen molar-refractivity contribution in [1.29, 1.82) is 0 Å². The lowest BCUT2D eigenvalue weighted by Gasteiger charge is -2.52. The molecule has 4 heteroatoms. The molecule has 0 bridgehead atoms. The molecule has 4 rings (SSSR count). The lowest BCUT2D eigenvalue weighted by molar-refractivity contribution is -0.126. The molecule has 1 aliphatic carbocycles. The smallest absolute Gasteiger partial charge is 0.247 e. The number of amides is 1. The van der Waals surface area contributed by atoms with Gasteiger partial charge in [-0.3, -0.25) is 9.69 Å². The summed E-state index contributed by atoms with van der Waals surface area (Å²) >= 11 is 0. The fourth-order valence-corrected chi connectivity index (χ4v) is 5.78. The van der Waals surface area contributed by atoms with Crippen molar-refractivity contribution in [3.8, 4) is 0 Å². The van der Waals surface area contributed by atoms with Gasteiger partial charge in [0.25, 0.3) is 0 Å². The number of anilines is 1. The highest BCUT2D eigenvalue weighted by atomic mass is 16.2. The van der Waals surface area contributed by atoms with Crippen LogP contribution in [0.1, 0.15) is 64.7 Å². The Morgan fingerprint density at radius 2 is 1.69 bits per heavy atom. The number of benzene rings is 1. The third-order valence-electron chi connectivity index (χ3n) is 7.17. The van der Waals surface area contributed by atoms with Crippen molar-refractivity contribution in [2.75, 3.05) is 24.7 Å². The van der Waals surface area contributed by atoms with Crippen LogP contribution in [0.5, 0.6) is 0 Å². The number of nitrogens with one attached hydrogen (secondary N) is 1. The number of rotatable bonds is 4. The summed E-state index contributed by atoms with van der Waals surface area (Å²) in [4.78, 5) is 17.9. The molecule has 2 aliphatic heterocycles. The molecule has 2 heterocycles. The molecule has 1 aromatic rings. The maximum absolute atomic E-state index is 12.9. The number of carbonyl (C=O) groups is 1. The Morgan fingerprint density at radius 3 is 2.35 bits per heavy atom. The van der Waals surface area contributed by atoms with E-state index in [9.17, 15) is 4.79 Å². The number of hydrogen-bond donors (Lipinski definition) is 1. The van der Waals surface area contributed by atoms with Crippen LogP contribution in [0.15, 0.2) is 30.3 Å². The maximum Gasteiger partial charge on any atom is 0.247 e. The van der Waals surface area contributed by atoms with E-state index in [1.165, 1.54) is 50.6 Å². The van der Waals surface area contributed by atoms with Crippen molar-refractivity contribution in [2.45, 2.75) is 75.8 Å². The van der Waals surface area contributed by atoms with Crippen LogP contribution in [0, 0.1) is 0 Å². The summed E-state index contributed by atoms with van der Waals surface area (Å²) in [5.74, 6) is 0.231. The van der Waals surface area contributed by atoms with Gasteiger partial charge >= 0.3 is 0 Å². The first-order valence-corrected chi connectivity index (χ1v) is 10.6. The number of hydrogen-bond acceptors (Lipinski definition) is 3. The van der Waals surface area contributed by atoms with Crippen LogP contribution in [0.3, 0.4) is 0 Å². The van der Waals surface area contributed by atoms with Gasteiger partial charge in [0.2, 0.25) is 5.91 Å². The molecule has 26 heavy (non-hydrogen) atoms. The normalized spacial score (nSPS) is 25.4. The molecule has 1 amide bonds. The molecule has 0 aromatic heterocycles. The van der Waals surface area contributed by atoms with Crippen LogP contribution in [-0.4, -0.2) is 41.6 Å². The SMILES string of the molecule is CCCC1(N2CCC3(CC2)C(=O)NCN3c2ccccc2)CCCCC1. The van der Waals surface area contributed by atoms with Crippen molar-refractivity contribution >= 4 is 11.6 Å². The monoisotopic (exact) mass is 355 g/mol. The predicted octanol–water partition coefficient (Wildman–Crippen LogP) is 3.92. The molecule has 4 nitrogen and oxygen atoms in total. The van der Waals surface area contributed by atoms with Crippen LogP contribution in [0.4, 0.5) is 5.69 Å². The Hall–Kier alpha value is -1.55. The van der Waals surface area contributed by atoms with Crippen molar-refractivity contribution < 1.29 is 4.79 Å². The van der Waals surface area contributed by atoms with E-state index in [0.717, 1.165) is 25.9 Å². The van der Waals surface area contributed by atoms with Gasteiger partial charge in [0, 0.05) is 24.3 Å². The first-order chi connectivity index (χ1) is 12.7. The number of likely N-dealkylation sites (tertiary alicyclic amines) is 1. The summed E-state index contributed by atoms with van der Waals surface area (Å²) in [7, 11) is 0. The molecule has 3 aliphatic rings. The standard InChI is InChI=1S/C22H33N3O/c1-2-11-21(12-7-4-8-13-21)24-16-14-22(15-17-24)20(26)23-18-25(22)19-9-5-3-6-10-19/h3,5-6,9-10H,2,4,7-8,11-18H2,1H3,(H,23,26). The van der Waals surface area contributed by atoms with Gasteiger partial charge in [0.15, 0.2) is 0 Å². The molecular weight excluding hydrogens is 322 g/mol. The zero-order valence-corrected chi connectivity index (χ0v) is 16.2. The van der Waals surface area contributed by atoms with Gasteiger partial charge in [-0.1, -0.05) is 50.8 Å². The quantitative estimate of drug-likeness (QED) is 0.889. The summed E-state index contributed by atoms with van der Waals surface area (Å²) in [6.07, 6.45) is 11.3. The first-order valence-electron chi connectivity index (χ1n) is 10.6. The summed E-state index contributed by atoms with van der Waals surface area (Å²) in [5, 5.41) is 3.13. The zero-order chi connectivity index (χ0) is 18.0. The van der Waals surface area contributed by atoms with E-state index in [-0.39, 0.29) is 11.4 Å². The number of carbonyl (C=O) groups excluding carboxylic acids is 1. The third-order valence-corrected chi connectivity index (χ3v) is 7.17.